The highest BCUT2D eigenvalue weighted by Crippen LogP contribution is 2.65. The van der Waals surface area contributed by atoms with Crippen LogP contribution in [0.2, 0.25) is 0 Å². The fourth-order valence-corrected chi connectivity index (χ4v) is 6.34. The van der Waals surface area contributed by atoms with Gasteiger partial charge in [-0.05, 0) is 67.0 Å². The highest BCUT2D eigenvalue weighted by Gasteiger charge is 2.69. The van der Waals surface area contributed by atoms with Crippen molar-refractivity contribution in [3.05, 3.63) is 0 Å². The van der Waals surface area contributed by atoms with Crippen LogP contribution in [0.5, 0.6) is 0 Å². The zero-order chi connectivity index (χ0) is 27.1. The average Bonchev–Trinajstić information content (AvgIpc) is 3.15. The molecule has 4 rings (SSSR count). The Balaban J connectivity index is 1.49. The van der Waals surface area contributed by atoms with Gasteiger partial charge in [0.25, 0.3) is 0 Å². The standard InChI is InChI=1S/C27H40N6O3S/c1-26(2,3)18(13-30-25(37)32-16-7-6-8-16)24(36)33-14-19-20(27(19,4)5)21(33)23(35)31-17(12-28)11-15-9-10-29-22(15)34/h13,15-21H,6-11,14H2,1-5H3,(H,29,34)(H,31,35)(H,32,37)/t15-,17-,18?,19-,20?,21-/m0/s1. The van der Waals surface area contributed by atoms with E-state index in [-0.39, 0.29) is 47.3 Å². The van der Waals surface area contributed by atoms with Gasteiger partial charge in [0, 0.05) is 31.3 Å². The van der Waals surface area contributed by atoms with Crippen LogP contribution in [0.15, 0.2) is 4.99 Å². The first-order valence-electron chi connectivity index (χ1n) is 13.5. The minimum Gasteiger partial charge on any atom is -0.358 e. The van der Waals surface area contributed by atoms with Gasteiger partial charge in [0.15, 0.2) is 5.11 Å². The molecular weight excluding hydrogens is 488 g/mol. The molecule has 3 N–H and O–H groups in total. The molecule has 0 aromatic heterocycles. The summed E-state index contributed by atoms with van der Waals surface area (Å²) in [5.74, 6) is -1.12. The van der Waals surface area contributed by atoms with Crippen molar-refractivity contribution in [3.63, 3.8) is 0 Å². The lowest BCUT2D eigenvalue weighted by Crippen LogP contribution is -2.54. The third kappa shape index (κ3) is 5.66. The van der Waals surface area contributed by atoms with Crippen molar-refractivity contribution in [2.75, 3.05) is 13.1 Å². The molecule has 10 heteroatoms. The van der Waals surface area contributed by atoms with Crippen molar-refractivity contribution in [1.82, 2.24) is 20.9 Å². The number of nitrogens with zero attached hydrogens (tertiary/aromatic N) is 3. The van der Waals surface area contributed by atoms with Gasteiger partial charge in [0.05, 0.1) is 12.0 Å². The van der Waals surface area contributed by atoms with E-state index in [2.05, 4.69) is 40.9 Å². The van der Waals surface area contributed by atoms with Gasteiger partial charge in [-0.3, -0.25) is 14.4 Å². The first-order chi connectivity index (χ1) is 17.3. The van der Waals surface area contributed by atoms with Crippen LogP contribution in [0.1, 0.15) is 66.7 Å². The summed E-state index contributed by atoms with van der Waals surface area (Å²) in [4.78, 5) is 45.6. The molecule has 9 nitrogen and oxygen atoms in total. The minimum atomic E-state index is -0.783. The summed E-state index contributed by atoms with van der Waals surface area (Å²) in [6.07, 6.45) is 5.91. The average molecular weight is 529 g/mol. The maximum absolute atomic E-state index is 13.9. The van der Waals surface area contributed by atoms with E-state index in [1.165, 1.54) is 6.42 Å². The van der Waals surface area contributed by atoms with Gasteiger partial charge in [0.2, 0.25) is 17.7 Å². The Morgan fingerprint density at radius 2 is 2.03 bits per heavy atom. The Hall–Kier alpha value is -2.54. The maximum Gasteiger partial charge on any atom is 0.244 e. The first-order valence-corrected chi connectivity index (χ1v) is 13.9. The van der Waals surface area contributed by atoms with Crippen LogP contribution in [0, 0.1) is 45.8 Å². The molecule has 0 radical (unpaired) electrons. The number of nitrogens with one attached hydrogen (secondary N) is 3. The van der Waals surface area contributed by atoms with Crippen molar-refractivity contribution in [1.29, 1.82) is 5.26 Å². The Morgan fingerprint density at radius 1 is 1.32 bits per heavy atom. The molecule has 2 saturated heterocycles. The molecule has 0 spiro atoms. The second kappa shape index (κ2) is 10.3. The van der Waals surface area contributed by atoms with Gasteiger partial charge in [-0.2, -0.15) is 5.26 Å². The van der Waals surface area contributed by atoms with Crippen LogP contribution in [0.3, 0.4) is 0 Å². The maximum atomic E-state index is 13.9. The number of hydrogen-bond acceptors (Lipinski definition) is 5. The summed E-state index contributed by atoms with van der Waals surface area (Å²) < 4.78 is 0. The molecule has 202 valence electrons. The number of amides is 3. The number of rotatable bonds is 7. The van der Waals surface area contributed by atoms with Crippen molar-refractivity contribution in [2.45, 2.75) is 84.8 Å². The Bertz CT molecular complexity index is 1020. The lowest BCUT2D eigenvalue weighted by atomic mass is 9.80. The number of thiocarbonyl (C=S) groups is 1. The number of fused-ring (bicyclic) bond motifs is 1. The summed E-state index contributed by atoms with van der Waals surface area (Å²) in [5, 5.41) is 19.0. The van der Waals surface area contributed by atoms with Crippen molar-refractivity contribution in [3.8, 4) is 6.07 Å². The summed E-state index contributed by atoms with van der Waals surface area (Å²) >= 11 is 5.38. The van der Waals surface area contributed by atoms with Gasteiger partial charge in [-0.1, -0.05) is 34.6 Å². The van der Waals surface area contributed by atoms with Gasteiger partial charge in [-0.15, -0.1) is 0 Å². The molecular formula is C27H40N6O3S. The highest BCUT2D eigenvalue weighted by molar-refractivity contribution is 7.80. The largest absolute Gasteiger partial charge is 0.358 e. The second-order valence-electron chi connectivity index (χ2n) is 12.8. The fourth-order valence-electron chi connectivity index (χ4n) is 6.11. The van der Waals surface area contributed by atoms with Crippen molar-refractivity contribution >= 4 is 41.3 Å². The molecule has 2 saturated carbocycles. The van der Waals surface area contributed by atoms with Gasteiger partial charge in [0.1, 0.15) is 12.1 Å². The SMILES string of the molecule is CC(C)(C)C(C=NC(=S)NC1CCC1)C(=O)N1C[C@H]2C([C@H]1C(=O)N[C@H](C#N)C[C@@H]1CCNC1=O)C2(C)C. The van der Waals surface area contributed by atoms with Crippen LogP contribution < -0.4 is 16.0 Å². The third-order valence-electron chi connectivity index (χ3n) is 8.89. The van der Waals surface area contributed by atoms with E-state index in [1.807, 2.05) is 20.8 Å². The van der Waals surface area contributed by atoms with Crippen LogP contribution >= 0.6 is 12.2 Å². The quantitative estimate of drug-likeness (QED) is 0.343. The second-order valence-corrected chi connectivity index (χ2v) is 13.2. The van der Waals surface area contributed by atoms with Gasteiger partial charge >= 0.3 is 0 Å². The van der Waals surface area contributed by atoms with Crippen LogP contribution in [0.4, 0.5) is 0 Å². The zero-order valence-corrected chi connectivity index (χ0v) is 23.4. The zero-order valence-electron chi connectivity index (χ0n) is 22.5. The summed E-state index contributed by atoms with van der Waals surface area (Å²) in [5.41, 5.74) is -0.479. The summed E-state index contributed by atoms with van der Waals surface area (Å²) in [7, 11) is 0. The van der Waals surface area contributed by atoms with Gasteiger partial charge < -0.3 is 20.9 Å². The number of hydrogen-bond donors (Lipinski definition) is 3. The monoisotopic (exact) mass is 528 g/mol. The predicted octanol–water partition coefficient (Wildman–Crippen LogP) is 2.16. The minimum absolute atomic E-state index is 0.0319. The first kappa shape index (κ1) is 27.5. The van der Waals surface area contributed by atoms with Gasteiger partial charge in [-0.25, -0.2) is 4.99 Å². The number of carbonyl (C=O) groups is 3. The number of aliphatic imine (C=N–C) groups is 1. The van der Waals surface area contributed by atoms with E-state index in [1.54, 1.807) is 11.1 Å². The molecule has 0 aromatic carbocycles. The van der Waals surface area contributed by atoms with E-state index in [4.69, 9.17) is 12.2 Å². The van der Waals surface area contributed by atoms with Crippen LogP contribution in [-0.4, -0.2) is 65.2 Å². The van der Waals surface area contributed by atoms with E-state index in [0.29, 0.717) is 30.7 Å². The number of piperidine rings is 1. The Kier molecular flexibility index (Phi) is 7.67. The molecule has 6 atom stereocenters. The van der Waals surface area contributed by atoms with Crippen molar-refractivity contribution < 1.29 is 14.4 Å². The van der Waals surface area contributed by atoms with Crippen LogP contribution in [0.25, 0.3) is 0 Å². The summed E-state index contributed by atoms with van der Waals surface area (Å²) in [6, 6.07) is 1.07. The lowest BCUT2D eigenvalue weighted by molar-refractivity contribution is -0.144. The van der Waals surface area contributed by atoms with Crippen molar-refractivity contribution in [2.24, 2.45) is 39.5 Å². The topological polar surface area (TPSA) is 127 Å². The molecule has 2 unspecified atom stereocenters. The number of carbonyl (C=O) groups excluding carboxylic acids is 3. The molecule has 0 aromatic rings. The van der Waals surface area contributed by atoms with Crippen LogP contribution in [-0.2, 0) is 14.4 Å². The Morgan fingerprint density at radius 3 is 2.57 bits per heavy atom. The predicted molar refractivity (Wildman–Crippen MR) is 144 cm³/mol. The summed E-state index contributed by atoms with van der Waals surface area (Å²) in [6.45, 7) is 11.3. The number of nitriles is 1. The normalized spacial score (nSPS) is 30.1. The molecule has 2 aliphatic carbocycles. The molecule has 4 fully saturated rings. The van der Waals surface area contributed by atoms with E-state index >= 15 is 0 Å². The number of likely N-dealkylation sites (tertiary alicyclic amines) is 1. The molecule has 37 heavy (non-hydrogen) atoms. The van der Waals surface area contributed by atoms with E-state index in [9.17, 15) is 19.6 Å². The highest BCUT2D eigenvalue weighted by atomic mass is 32.1. The third-order valence-corrected chi connectivity index (χ3v) is 9.11. The van der Waals surface area contributed by atoms with E-state index < -0.39 is 23.4 Å². The fraction of sp³-hybridized carbons (Fsp3) is 0.778. The molecule has 3 amide bonds. The van der Waals surface area contributed by atoms with E-state index in [0.717, 1.165) is 12.8 Å². The Labute approximate surface area is 225 Å². The molecule has 2 heterocycles. The molecule has 0 bridgehead atoms. The molecule has 4 aliphatic rings. The molecule has 2 aliphatic heterocycles. The lowest BCUT2D eigenvalue weighted by Gasteiger charge is -2.36. The smallest absolute Gasteiger partial charge is 0.244 e.